The molecule has 1 fully saturated rings. The predicted molar refractivity (Wildman–Crippen MR) is 86.5 cm³/mol. The van der Waals surface area contributed by atoms with Gasteiger partial charge in [0.1, 0.15) is 0 Å². The van der Waals surface area contributed by atoms with Gasteiger partial charge in [0.25, 0.3) is 0 Å². The Kier molecular flexibility index (Phi) is 9.24. The average Bonchev–Trinajstić information content (AvgIpc) is 2.90. The Hall–Kier alpha value is -0.300. The summed E-state index contributed by atoms with van der Waals surface area (Å²) in [7, 11) is 0. The number of unbranched alkanes of at least 4 members (excludes halogenated alkanes) is 3. The summed E-state index contributed by atoms with van der Waals surface area (Å²) in [5.41, 5.74) is 0. The Labute approximate surface area is 121 Å². The second-order valence-corrected chi connectivity index (χ2v) is 6.33. The largest absolute Gasteiger partial charge is 0.314 e. The zero-order chi connectivity index (χ0) is 13.9. The van der Waals surface area contributed by atoms with Crippen LogP contribution in [-0.2, 0) is 0 Å². The smallest absolute Gasteiger partial charge is 0.00954 e. The number of nitrogens with one attached hydrogen (secondary N) is 1. The molecular weight excluding hydrogens is 230 g/mol. The van der Waals surface area contributed by atoms with Gasteiger partial charge in [0.05, 0.1) is 0 Å². The number of allylic oxidation sites excluding steroid dienone is 1. The van der Waals surface area contributed by atoms with Crippen LogP contribution in [-0.4, -0.2) is 12.6 Å². The molecule has 0 aliphatic heterocycles. The van der Waals surface area contributed by atoms with E-state index < -0.39 is 0 Å². The minimum absolute atomic E-state index is 0.792. The van der Waals surface area contributed by atoms with Crippen LogP contribution in [0.4, 0.5) is 0 Å². The molecule has 0 aromatic rings. The van der Waals surface area contributed by atoms with Crippen LogP contribution < -0.4 is 5.32 Å². The third kappa shape index (κ3) is 6.61. The molecule has 0 bridgehead atoms. The van der Waals surface area contributed by atoms with Gasteiger partial charge in [0.2, 0.25) is 0 Å². The number of rotatable bonds is 11. The molecule has 1 rings (SSSR count). The monoisotopic (exact) mass is 265 g/mol. The zero-order valence-electron chi connectivity index (χ0n) is 13.3. The highest BCUT2D eigenvalue weighted by atomic mass is 14.9. The Morgan fingerprint density at radius 3 is 2.68 bits per heavy atom. The van der Waals surface area contributed by atoms with Gasteiger partial charge >= 0.3 is 0 Å². The highest BCUT2D eigenvalue weighted by Gasteiger charge is 2.29. The minimum atomic E-state index is 0.792. The summed E-state index contributed by atoms with van der Waals surface area (Å²) in [4.78, 5) is 0. The maximum absolute atomic E-state index is 3.83. The summed E-state index contributed by atoms with van der Waals surface area (Å²) in [5, 5.41) is 3.83. The third-order valence-electron chi connectivity index (χ3n) is 4.81. The Morgan fingerprint density at radius 2 is 2.05 bits per heavy atom. The van der Waals surface area contributed by atoms with Crippen LogP contribution in [0.25, 0.3) is 0 Å². The fourth-order valence-electron chi connectivity index (χ4n) is 3.51. The molecule has 3 unspecified atom stereocenters. The van der Waals surface area contributed by atoms with Crippen molar-refractivity contribution in [2.24, 2.45) is 11.8 Å². The molecule has 0 radical (unpaired) electrons. The number of hydrogen-bond donors (Lipinski definition) is 1. The van der Waals surface area contributed by atoms with Gasteiger partial charge in [-0.2, -0.15) is 0 Å². The van der Waals surface area contributed by atoms with E-state index in [1.165, 1.54) is 70.8 Å². The van der Waals surface area contributed by atoms with E-state index in [2.05, 4.69) is 31.8 Å². The highest BCUT2D eigenvalue weighted by molar-refractivity contribution is 4.84. The van der Waals surface area contributed by atoms with Crippen LogP contribution in [0, 0.1) is 11.8 Å². The van der Waals surface area contributed by atoms with Crippen molar-refractivity contribution in [1.29, 1.82) is 0 Å². The number of hydrogen-bond acceptors (Lipinski definition) is 1. The van der Waals surface area contributed by atoms with E-state index in [4.69, 9.17) is 0 Å². The second-order valence-electron chi connectivity index (χ2n) is 6.33. The molecule has 1 aliphatic carbocycles. The lowest BCUT2D eigenvalue weighted by Crippen LogP contribution is -2.35. The molecule has 0 amide bonds. The van der Waals surface area contributed by atoms with Crippen LogP contribution in [0.1, 0.15) is 78.1 Å². The van der Waals surface area contributed by atoms with Crippen LogP contribution in [0.2, 0.25) is 0 Å². The van der Waals surface area contributed by atoms with E-state index in [0.717, 1.165) is 17.9 Å². The van der Waals surface area contributed by atoms with Gasteiger partial charge in [-0.25, -0.2) is 0 Å². The average molecular weight is 265 g/mol. The van der Waals surface area contributed by atoms with Gasteiger partial charge in [-0.15, -0.1) is 6.58 Å². The van der Waals surface area contributed by atoms with E-state index in [1.54, 1.807) is 0 Å². The molecule has 0 aromatic carbocycles. The van der Waals surface area contributed by atoms with Crippen LogP contribution in [0.5, 0.6) is 0 Å². The van der Waals surface area contributed by atoms with E-state index in [-0.39, 0.29) is 0 Å². The Morgan fingerprint density at radius 1 is 1.21 bits per heavy atom. The molecule has 19 heavy (non-hydrogen) atoms. The third-order valence-corrected chi connectivity index (χ3v) is 4.81. The summed E-state index contributed by atoms with van der Waals surface area (Å²) in [6, 6.07) is 0.792. The molecule has 1 nitrogen and oxygen atoms in total. The lowest BCUT2D eigenvalue weighted by molar-refractivity contribution is 0.321. The second kappa shape index (κ2) is 10.5. The summed E-state index contributed by atoms with van der Waals surface area (Å²) >= 11 is 0. The topological polar surface area (TPSA) is 12.0 Å². The molecule has 0 saturated heterocycles. The summed E-state index contributed by atoms with van der Waals surface area (Å²) in [6.45, 7) is 9.63. The highest BCUT2D eigenvalue weighted by Crippen LogP contribution is 2.36. The van der Waals surface area contributed by atoms with Crippen molar-refractivity contribution in [3.05, 3.63) is 12.7 Å². The molecule has 1 saturated carbocycles. The Balaban J connectivity index is 2.28. The molecule has 0 aromatic heterocycles. The first kappa shape index (κ1) is 16.8. The predicted octanol–water partition coefficient (Wildman–Crippen LogP) is 5.32. The van der Waals surface area contributed by atoms with E-state index in [0.29, 0.717) is 0 Å². The first-order valence-corrected chi connectivity index (χ1v) is 8.66. The Bertz CT molecular complexity index is 224. The summed E-state index contributed by atoms with van der Waals surface area (Å²) < 4.78 is 0. The summed E-state index contributed by atoms with van der Waals surface area (Å²) in [6.07, 6.45) is 15.8. The van der Waals surface area contributed by atoms with Gasteiger partial charge < -0.3 is 5.32 Å². The summed E-state index contributed by atoms with van der Waals surface area (Å²) in [5.74, 6) is 1.97. The first-order chi connectivity index (χ1) is 9.31. The van der Waals surface area contributed by atoms with Crippen molar-refractivity contribution in [2.45, 2.75) is 84.1 Å². The van der Waals surface area contributed by atoms with Crippen LogP contribution in [0.3, 0.4) is 0 Å². The zero-order valence-corrected chi connectivity index (χ0v) is 13.3. The van der Waals surface area contributed by atoms with Crippen molar-refractivity contribution in [1.82, 2.24) is 5.32 Å². The molecular formula is C18H35N. The van der Waals surface area contributed by atoms with E-state index >= 15 is 0 Å². The molecule has 1 heteroatoms. The van der Waals surface area contributed by atoms with Crippen molar-refractivity contribution in [2.75, 3.05) is 6.54 Å². The van der Waals surface area contributed by atoms with Gasteiger partial charge in [-0.05, 0) is 56.9 Å². The molecule has 1 N–H and O–H groups in total. The quantitative estimate of drug-likeness (QED) is 0.394. The fourth-order valence-corrected chi connectivity index (χ4v) is 3.51. The van der Waals surface area contributed by atoms with Gasteiger partial charge in [-0.3, -0.25) is 0 Å². The van der Waals surface area contributed by atoms with Crippen molar-refractivity contribution >= 4 is 0 Å². The molecule has 112 valence electrons. The van der Waals surface area contributed by atoms with Gasteiger partial charge in [0.15, 0.2) is 0 Å². The van der Waals surface area contributed by atoms with Crippen molar-refractivity contribution in [3.63, 3.8) is 0 Å². The first-order valence-electron chi connectivity index (χ1n) is 8.66. The van der Waals surface area contributed by atoms with Crippen molar-refractivity contribution in [3.8, 4) is 0 Å². The normalized spacial score (nSPS) is 24.5. The van der Waals surface area contributed by atoms with Crippen LogP contribution >= 0.6 is 0 Å². The lowest BCUT2D eigenvalue weighted by Gasteiger charge is -2.25. The maximum Gasteiger partial charge on any atom is 0.00954 e. The van der Waals surface area contributed by atoms with Crippen LogP contribution in [0.15, 0.2) is 12.7 Å². The van der Waals surface area contributed by atoms with E-state index in [9.17, 15) is 0 Å². The SMILES string of the molecule is C=CCCCCCC(NCCC)C1CCC(CC)C1. The molecule has 0 spiro atoms. The standard InChI is InChI=1S/C18H35N/c1-4-7-8-9-10-11-18(19-14-5-2)17-13-12-16(6-3)15-17/h4,16-19H,1,5-15H2,2-3H3. The molecule has 1 aliphatic rings. The van der Waals surface area contributed by atoms with Crippen molar-refractivity contribution < 1.29 is 0 Å². The minimum Gasteiger partial charge on any atom is -0.314 e. The maximum atomic E-state index is 3.83. The van der Waals surface area contributed by atoms with Gasteiger partial charge in [-0.1, -0.05) is 45.6 Å². The van der Waals surface area contributed by atoms with Gasteiger partial charge in [0, 0.05) is 6.04 Å². The fraction of sp³-hybridized carbons (Fsp3) is 0.889. The lowest BCUT2D eigenvalue weighted by atomic mass is 9.91. The molecule has 0 heterocycles. The molecule has 3 atom stereocenters. The van der Waals surface area contributed by atoms with E-state index in [1.807, 2.05) is 0 Å².